The number of ketones is 1. The molecule has 0 atom stereocenters. The highest BCUT2D eigenvalue weighted by molar-refractivity contribution is 6.49. The Kier molecular flexibility index (Phi) is 5.47. The fourth-order valence-corrected chi connectivity index (χ4v) is 2.01. The molecule has 3 nitrogen and oxygen atoms in total. The van der Waals surface area contributed by atoms with Gasteiger partial charge < -0.3 is 4.57 Å². The van der Waals surface area contributed by atoms with Crippen molar-refractivity contribution in [1.82, 2.24) is 9.55 Å². The van der Waals surface area contributed by atoms with Crippen molar-refractivity contribution in [3.05, 3.63) is 51.5 Å². The van der Waals surface area contributed by atoms with Gasteiger partial charge in [-0.25, -0.2) is 4.98 Å². The number of benzene rings is 1. The van der Waals surface area contributed by atoms with Gasteiger partial charge in [-0.15, -0.1) is 12.4 Å². The van der Waals surface area contributed by atoms with E-state index in [1.807, 2.05) is 0 Å². The zero-order valence-electron chi connectivity index (χ0n) is 8.94. The largest absolute Gasteiger partial charge is 0.330 e. The minimum atomic E-state index is -0.147. The van der Waals surface area contributed by atoms with E-state index >= 15 is 0 Å². The van der Waals surface area contributed by atoms with Crippen molar-refractivity contribution < 1.29 is 4.79 Å². The lowest BCUT2D eigenvalue weighted by Gasteiger charge is -2.06. The summed E-state index contributed by atoms with van der Waals surface area (Å²) in [5.74, 6) is -0.147. The first-order valence-corrected chi connectivity index (χ1v) is 5.85. The fourth-order valence-electron chi connectivity index (χ4n) is 1.37. The predicted octanol–water partition coefficient (Wildman–Crippen LogP) is 4.15. The maximum atomic E-state index is 12.0. The highest BCUT2D eigenvalue weighted by Crippen LogP contribution is 2.32. The van der Waals surface area contributed by atoms with Gasteiger partial charge in [0.05, 0.1) is 27.9 Å². The summed E-state index contributed by atoms with van der Waals surface area (Å²) in [5.41, 5.74) is 0.356. The molecule has 0 amide bonds. The Morgan fingerprint density at radius 3 is 2.56 bits per heavy atom. The van der Waals surface area contributed by atoms with E-state index in [1.165, 1.54) is 0 Å². The minimum absolute atomic E-state index is 0. The third-order valence-electron chi connectivity index (χ3n) is 2.22. The van der Waals surface area contributed by atoms with Gasteiger partial charge in [0.15, 0.2) is 5.78 Å². The lowest BCUT2D eigenvalue weighted by Crippen LogP contribution is -2.09. The third-order valence-corrected chi connectivity index (χ3v) is 3.51. The second-order valence-corrected chi connectivity index (χ2v) is 4.54. The Morgan fingerprint density at radius 1 is 1.22 bits per heavy atom. The number of aromatic nitrogens is 2. The summed E-state index contributed by atoms with van der Waals surface area (Å²) in [6.07, 6.45) is 4.86. The van der Waals surface area contributed by atoms with Gasteiger partial charge in [0.2, 0.25) is 0 Å². The van der Waals surface area contributed by atoms with Crippen molar-refractivity contribution in [3.63, 3.8) is 0 Å². The molecular weight excluding hydrogens is 318 g/mol. The molecule has 0 aliphatic carbocycles. The average molecular weight is 326 g/mol. The van der Waals surface area contributed by atoms with E-state index in [0.717, 1.165) is 0 Å². The molecule has 1 aromatic carbocycles. The summed E-state index contributed by atoms with van der Waals surface area (Å²) in [5, 5.41) is 0.713. The van der Waals surface area contributed by atoms with Gasteiger partial charge in [0.25, 0.3) is 0 Å². The first-order chi connectivity index (χ1) is 8.09. The highest BCUT2D eigenvalue weighted by Gasteiger charge is 2.15. The molecule has 0 saturated carbocycles. The van der Waals surface area contributed by atoms with Crippen LogP contribution in [0.1, 0.15) is 10.4 Å². The molecule has 7 heteroatoms. The summed E-state index contributed by atoms with van der Waals surface area (Å²) in [4.78, 5) is 15.8. The summed E-state index contributed by atoms with van der Waals surface area (Å²) in [6, 6.07) is 3.12. The van der Waals surface area contributed by atoms with Crippen LogP contribution in [-0.4, -0.2) is 15.3 Å². The number of hydrogen-bond donors (Lipinski definition) is 0. The van der Waals surface area contributed by atoms with Gasteiger partial charge >= 0.3 is 0 Å². The van der Waals surface area contributed by atoms with Gasteiger partial charge in [-0.1, -0.05) is 34.8 Å². The topological polar surface area (TPSA) is 34.9 Å². The molecule has 0 spiro atoms. The predicted molar refractivity (Wildman–Crippen MR) is 75.3 cm³/mol. The maximum absolute atomic E-state index is 12.0. The first-order valence-electron chi connectivity index (χ1n) is 4.72. The van der Waals surface area contributed by atoms with Crippen molar-refractivity contribution in [2.45, 2.75) is 6.54 Å². The molecule has 0 aliphatic heterocycles. The van der Waals surface area contributed by atoms with E-state index < -0.39 is 0 Å². The highest BCUT2D eigenvalue weighted by atomic mass is 35.5. The first kappa shape index (κ1) is 15.3. The monoisotopic (exact) mass is 324 g/mol. The minimum Gasteiger partial charge on any atom is -0.330 e. The standard InChI is InChI=1S/C11H7Cl3N2O.ClH/c12-8-2-1-7(10(13)11(8)14)9(17)5-16-4-3-15-6-16;/h1-4,6H,5H2;1H. The Morgan fingerprint density at radius 2 is 1.94 bits per heavy atom. The molecule has 0 aliphatic rings. The van der Waals surface area contributed by atoms with Crippen molar-refractivity contribution in [2.24, 2.45) is 0 Å². The van der Waals surface area contributed by atoms with Crippen LogP contribution in [0.3, 0.4) is 0 Å². The van der Waals surface area contributed by atoms with E-state index in [1.54, 1.807) is 35.4 Å². The van der Waals surface area contributed by atoms with Crippen molar-refractivity contribution in [2.75, 3.05) is 0 Å². The van der Waals surface area contributed by atoms with Gasteiger partial charge in [0, 0.05) is 18.0 Å². The van der Waals surface area contributed by atoms with Crippen molar-refractivity contribution in [1.29, 1.82) is 0 Å². The zero-order valence-corrected chi connectivity index (χ0v) is 12.0. The van der Waals surface area contributed by atoms with Gasteiger partial charge in [-0.2, -0.15) is 0 Å². The van der Waals surface area contributed by atoms with E-state index in [-0.39, 0.29) is 34.8 Å². The number of carbonyl (C=O) groups is 1. The maximum Gasteiger partial charge on any atom is 0.184 e. The molecule has 18 heavy (non-hydrogen) atoms. The average Bonchev–Trinajstić information content (AvgIpc) is 2.78. The molecule has 0 unspecified atom stereocenters. The molecule has 1 heterocycles. The van der Waals surface area contributed by atoms with Crippen LogP contribution in [0.4, 0.5) is 0 Å². The molecule has 1 aromatic heterocycles. The number of nitrogens with zero attached hydrogens (tertiary/aromatic N) is 2. The molecule has 2 rings (SSSR count). The van der Waals surface area contributed by atoms with Crippen molar-refractivity contribution in [3.8, 4) is 0 Å². The van der Waals surface area contributed by atoms with E-state index in [2.05, 4.69) is 4.98 Å². The Balaban J connectivity index is 0.00000162. The lowest BCUT2D eigenvalue weighted by molar-refractivity contribution is 0.0972. The van der Waals surface area contributed by atoms with Crippen LogP contribution in [0.15, 0.2) is 30.9 Å². The molecule has 0 N–H and O–H groups in total. The summed E-state index contributed by atoms with van der Waals surface area (Å²) in [7, 11) is 0. The molecule has 2 aromatic rings. The lowest BCUT2D eigenvalue weighted by atomic mass is 10.1. The normalized spacial score (nSPS) is 9.94. The smallest absolute Gasteiger partial charge is 0.184 e. The zero-order chi connectivity index (χ0) is 12.4. The van der Waals surface area contributed by atoms with Crippen LogP contribution in [-0.2, 0) is 6.54 Å². The molecule has 0 radical (unpaired) electrons. The molecule has 0 bridgehead atoms. The molecular formula is C11H8Cl4N2O. The van der Waals surface area contributed by atoms with E-state index in [4.69, 9.17) is 34.8 Å². The summed E-state index contributed by atoms with van der Waals surface area (Å²) >= 11 is 17.6. The summed E-state index contributed by atoms with van der Waals surface area (Å²) < 4.78 is 1.65. The number of rotatable bonds is 3. The van der Waals surface area contributed by atoms with E-state index in [0.29, 0.717) is 10.6 Å². The van der Waals surface area contributed by atoms with Gasteiger partial charge in [-0.3, -0.25) is 4.79 Å². The van der Waals surface area contributed by atoms with Crippen LogP contribution in [0.5, 0.6) is 0 Å². The Hall–Kier alpha value is -0.740. The number of halogens is 4. The van der Waals surface area contributed by atoms with E-state index in [9.17, 15) is 4.79 Å². The van der Waals surface area contributed by atoms with Gasteiger partial charge in [-0.05, 0) is 12.1 Å². The number of carbonyl (C=O) groups excluding carboxylic acids is 1. The quantitative estimate of drug-likeness (QED) is 0.627. The van der Waals surface area contributed by atoms with Crippen molar-refractivity contribution >= 4 is 53.0 Å². The Bertz CT molecular complexity index is 554. The second kappa shape index (κ2) is 6.43. The van der Waals surface area contributed by atoms with Crippen LogP contribution in [0.25, 0.3) is 0 Å². The Labute approximate surface area is 125 Å². The molecule has 0 fully saturated rings. The number of hydrogen-bond acceptors (Lipinski definition) is 2. The SMILES string of the molecule is Cl.O=C(Cn1ccnc1)c1ccc(Cl)c(Cl)c1Cl. The van der Waals surface area contributed by atoms with Crippen LogP contribution >= 0.6 is 47.2 Å². The van der Waals surface area contributed by atoms with Crippen LogP contribution in [0, 0.1) is 0 Å². The molecule has 0 saturated heterocycles. The third kappa shape index (κ3) is 3.18. The second-order valence-electron chi connectivity index (χ2n) is 3.38. The number of imidazole rings is 1. The number of Topliss-reactive ketones (excluding diaryl/α,β-unsaturated/α-hetero) is 1. The molecule has 96 valence electrons. The summed E-state index contributed by atoms with van der Waals surface area (Å²) in [6.45, 7) is 0.164. The van der Waals surface area contributed by atoms with Gasteiger partial charge in [0.1, 0.15) is 0 Å². The fraction of sp³-hybridized carbons (Fsp3) is 0.0909. The van der Waals surface area contributed by atoms with Crippen LogP contribution < -0.4 is 0 Å². The van der Waals surface area contributed by atoms with Crippen LogP contribution in [0.2, 0.25) is 15.1 Å².